The molecule has 28 heavy (non-hydrogen) atoms. The van der Waals surface area contributed by atoms with E-state index in [1.165, 1.54) is 11.1 Å². The molecule has 0 radical (unpaired) electrons. The number of hydrogen-bond acceptors (Lipinski definition) is 3. The van der Waals surface area contributed by atoms with Crippen molar-refractivity contribution < 1.29 is 9.90 Å². The smallest absolute Gasteiger partial charge is 0.219 e. The van der Waals surface area contributed by atoms with Crippen LogP contribution < -0.4 is 0 Å². The Morgan fingerprint density at radius 1 is 1.00 bits per heavy atom. The van der Waals surface area contributed by atoms with Gasteiger partial charge >= 0.3 is 0 Å². The maximum atomic E-state index is 11.8. The lowest BCUT2D eigenvalue weighted by molar-refractivity contribution is -0.144. The number of amides is 1. The van der Waals surface area contributed by atoms with Gasteiger partial charge in [0.05, 0.1) is 5.60 Å². The summed E-state index contributed by atoms with van der Waals surface area (Å²) in [5, 5.41) is 11.1. The first-order chi connectivity index (χ1) is 13.5. The second kappa shape index (κ2) is 8.06. The number of carbonyl (C=O) groups excluding carboxylic acids is 1. The molecule has 2 saturated heterocycles. The first kappa shape index (κ1) is 19.2. The lowest BCUT2D eigenvalue weighted by Gasteiger charge is -2.50. The minimum absolute atomic E-state index is 0.116. The van der Waals surface area contributed by atoms with E-state index >= 15 is 0 Å². The summed E-state index contributed by atoms with van der Waals surface area (Å²) in [6.45, 7) is 5.66. The summed E-state index contributed by atoms with van der Waals surface area (Å²) in [5.41, 5.74) is 2.03. The fourth-order valence-electron chi connectivity index (χ4n) is 4.86. The van der Waals surface area contributed by atoms with Crippen LogP contribution in [-0.4, -0.2) is 59.1 Å². The quantitative estimate of drug-likeness (QED) is 0.889. The standard InChI is InChI=1S/C24H30N2O2/c1-19(27)26-15-13-24(28)12-14-25(16-22(24)17-26)18-23(20-8-4-2-5-9-20)21-10-6-3-7-11-21/h2-11,22-23,28H,12-18H2,1H3/t22-,24-/m1/s1. The molecular formula is C24H30N2O2. The highest BCUT2D eigenvalue weighted by atomic mass is 16.3. The SMILES string of the molecule is CC(=O)N1CC[C@]2(O)CCN(CC(c3ccccc3)c3ccccc3)C[C@@H]2C1. The summed E-state index contributed by atoms with van der Waals surface area (Å²) in [6, 6.07) is 21.4. The molecule has 2 atom stereocenters. The molecule has 2 aliphatic heterocycles. The van der Waals surface area contributed by atoms with Crippen molar-refractivity contribution >= 4 is 5.91 Å². The monoisotopic (exact) mass is 378 g/mol. The van der Waals surface area contributed by atoms with Gasteiger partial charge in [0.15, 0.2) is 0 Å². The topological polar surface area (TPSA) is 43.8 Å². The Balaban J connectivity index is 1.52. The number of carbonyl (C=O) groups is 1. The molecule has 0 aliphatic carbocycles. The van der Waals surface area contributed by atoms with Crippen LogP contribution in [-0.2, 0) is 4.79 Å². The summed E-state index contributed by atoms with van der Waals surface area (Å²) in [4.78, 5) is 16.2. The van der Waals surface area contributed by atoms with Gasteiger partial charge in [-0.1, -0.05) is 60.7 Å². The summed E-state index contributed by atoms with van der Waals surface area (Å²) in [7, 11) is 0. The normalized spacial score (nSPS) is 25.5. The molecule has 0 aromatic heterocycles. The van der Waals surface area contributed by atoms with Crippen LogP contribution in [0.5, 0.6) is 0 Å². The molecular weight excluding hydrogens is 348 g/mol. The maximum absolute atomic E-state index is 11.8. The molecule has 0 unspecified atom stereocenters. The summed E-state index contributed by atoms with van der Waals surface area (Å²) >= 11 is 0. The van der Waals surface area contributed by atoms with Crippen LogP contribution in [0.4, 0.5) is 0 Å². The third kappa shape index (κ3) is 3.98. The summed E-state index contributed by atoms with van der Waals surface area (Å²) in [5.74, 6) is 0.554. The highest BCUT2D eigenvalue weighted by molar-refractivity contribution is 5.73. The first-order valence-electron chi connectivity index (χ1n) is 10.4. The molecule has 1 amide bonds. The molecule has 2 aliphatic rings. The van der Waals surface area contributed by atoms with E-state index in [1.807, 2.05) is 4.90 Å². The van der Waals surface area contributed by atoms with Crippen LogP contribution >= 0.6 is 0 Å². The van der Waals surface area contributed by atoms with Crippen molar-refractivity contribution in [3.05, 3.63) is 71.8 Å². The van der Waals surface area contributed by atoms with Crippen molar-refractivity contribution in [3.8, 4) is 0 Å². The van der Waals surface area contributed by atoms with E-state index in [-0.39, 0.29) is 11.8 Å². The van der Waals surface area contributed by atoms with Gasteiger partial charge in [-0.2, -0.15) is 0 Å². The predicted molar refractivity (Wildman–Crippen MR) is 111 cm³/mol. The first-order valence-corrected chi connectivity index (χ1v) is 10.4. The molecule has 148 valence electrons. The molecule has 0 spiro atoms. The van der Waals surface area contributed by atoms with Crippen molar-refractivity contribution in [2.75, 3.05) is 32.7 Å². The Bertz CT molecular complexity index is 755. The number of benzene rings is 2. The molecule has 2 aromatic rings. The van der Waals surface area contributed by atoms with Crippen LogP contribution in [0.2, 0.25) is 0 Å². The fourth-order valence-corrected chi connectivity index (χ4v) is 4.86. The number of fused-ring (bicyclic) bond motifs is 1. The van der Waals surface area contributed by atoms with Crippen LogP contribution in [0.3, 0.4) is 0 Å². The van der Waals surface area contributed by atoms with E-state index in [0.717, 1.165) is 26.1 Å². The van der Waals surface area contributed by atoms with Crippen LogP contribution in [0.1, 0.15) is 36.8 Å². The molecule has 1 N–H and O–H groups in total. The van der Waals surface area contributed by atoms with Gasteiger partial charge < -0.3 is 14.9 Å². The third-order valence-corrected chi connectivity index (χ3v) is 6.64. The Morgan fingerprint density at radius 3 is 2.14 bits per heavy atom. The summed E-state index contributed by atoms with van der Waals surface area (Å²) < 4.78 is 0. The van der Waals surface area contributed by atoms with E-state index in [1.54, 1.807) is 6.92 Å². The summed E-state index contributed by atoms with van der Waals surface area (Å²) in [6.07, 6.45) is 1.49. The van der Waals surface area contributed by atoms with Gasteiger partial charge in [0.2, 0.25) is 5.91 Å². The largest absolute Gasteiger partial charge is 0.389 e. The average molecular weight is 379 g/mol. The lowest BCUT2D eigenvalue weighted by Crippen LogP contribution is -2.60. The van der Waals surface area contributed by atoms with Crippen molar-refractivity contribution in [2.24, 2.45) is 5.92 Å². The van der Waals surface area contributed by atoms with Gasteiger partial charge in [0.25, 0.3) is 0 Å². The van der Waals surface area contributed by atoms with Crippen molar-refractivity contribution in [3.63, 3.8) is 0 Å². The maximum Gasteiger partial charge on any atom is 0.219 e. The number of nitrogens with zero attached hydrogens (tertiary/aromatic N) is 2. The van der Waals surface area contributed by atoms with E-state index in [0.29, 0.717) is 25.4 Å². The van der Waals surface area contributed by atoms with Gasteiger partial charge in [-0.3, -0.25) is 4.79 Å². The Hall–Kier alpha value is -2.17. The number of aliphatic hydroxyl groups is 1. The van der Waals surface area contributed by atoms with E-state index in [9.17, 15) is 9.90 Å². The molecule has 2 heterocycles. The molecule has 4 heteroatoms. The number of hydrogen-bond donors (Lipinski definition) is 1. The van der Waals surface area contributed by atoms with Crippen LogP contribution in [0, 0.1) is 5.92 Å². The molecule has 4 rings (SSSR count). The second-order valence-electron chi connectivity index (χ2n) is 8.40. The van der Waals surface area contributed by atoms with E-state index < -0.39 is 5.60 Å². The second-order valence-corrected chi connectivity index (χ2v) is 8.40. The molecule has 2 fully saturated rings. The van der Waals surface area contributed by atoms with Crippen molar-refractivity contribution in [2.45, 2.75) is 31.3 Å². The minimum atomic E-state index is -0.614. The zero-order valence-corrected chi connectivity index (χ0v) is 16.6. The highest BCUT2D eigenvalue weighted by Crippen LogP contribution is 2.37. The minimum Gasteiger partial charge on any atom is -0.389 e. The fraction of sp³-hybridized carbons (Fsp3) is 0.458. The van der Waals surface area contributed by atoms with Gasteiger partial charge in [0, 0.05) is 51.5 Å². The Kier molecular flexibility index (Phi) is 5.51. The lowest BCUT2D eigenvalue weighted by atomic mass is 9.75. The third-order valence-electron chi connectivity index (χ3n) is 6.64. The van der Waals surface area contributed by atoms with Gasteiger partial charge in [-0.25, -0.2) is 0 Å². The van der Waals surface area contributed by atoms with Gasteiger partial charge in [-0.15, -0.1) is 0 Å². The molecule has 0 saturated carbocycles. The Morgan fingerprint density at radius 2 is 1.57 bits per heavy atom. The molecule has 0 bridgehead atoms. The van der Waals surface area contributed by atoms with Crippen molar-refractivity contribution in [1.82, 2.24) is 9.80 Å². The Labute approximate surface area is 167 Å². The van der Waals surface area contributed by atoms with Crippen LogP contribution in [0.25, 0.3) is 0 Å². The van der Waals surface area contributed by atoms with Gasteiger partial charge in [0.1, 0.15) is 0 Å². The zero-order chi connectivity index (χ0) is 19.6. The predicted octanol–water partition coefficient (Wildman–Crippen LogP) is 3.12. The number of likely N-dealkylation sites (tertiary alicyclic amines) is 2. The van der Waals surface area contributed by atoms with E-state index in [4.69, 9.17) is 0 Å². The highest BCUT2D eigenvalue weighted by Gasteiger charge is 2.45. The molecule has 4 nitrogen and oxygen atoms in total. The van der Waals surface area contributed by atoms with Crippen molar-refractivity contribution in [1.29, 1.82) is 0 Å². The van der Waals surface area contributed by atoms with E-state index in [2.05, 4.69) is 65.6 Å². The average Bonchev–Trinajstić information content (AvgIpc) is 2.73. The zero-order valence-electron chi connectivity index (χ0n) is 16.6. The number of piperidine rings is 2. The molecule has 2 aromatic carbocycles. The van der Waals surface area contributed by atoms with Crippen LogP contribution in [0.15, 0.2) is 60.7 Å². The van der Waals surface area contributed by atoms with Gasteiger partial charge in [-0.05, 0) is 24.0 Å². The number of rotatable bonds is 4.